The molecule has 0 saturated carbocycles. The van der Waals surface area contributed by atoms with E-state index in [9.17, 15) is 9.90 Å². The summed E-state index contributed by atoms with van der Waals surface area (Å²) in [5.74, 6) is -1.22. The Labute approximate surface area is 96.7 Å². The van der Waals surface area contributed by atoms with Crippen molar-refractivity contribution in [3.8, 4) is 0 Å². The molecule has 0 aliphatic carbocycles. The van der Waals surface area contributed by atoms with Gasteiger partial charge in [0.15, 0.2) is 5.15 Å². The Kier molecular flexibility index (Phi) is 3.22. The Bertz CT molecular complexity index is 483. The molecule has 0 amide bonds. The van der Waals surface area contributed by atoms with Gasteiger partial charge in [0, 0.05) is 24.2 Å². The maximum atomic E-state index is 10.5. The molecule has 0 unspecified atom stereocenters. The molecule has 66 valence electrons. The summed E-state index contributed by atoms with van der Waals surface area (Å²) < 4.78 is 1.58. The van der Waals surface area contributed by atoms with Crippen LogP contribution in [0.5, 0.6) is 0 Å². The molecule has 4 nitrogen and oxygen atoms in total. The second-order valence-electron chi connectivity index (χ2n) is 2.53. The summed E-state index contributed by atoms with van der Waals surface area (Å²) in [5, 5.41) is 10.8. The maximum Gasteiger partial charge on any atom is 1.00 e. The molecule has 0 spiro atoms. The number of rotatable bonds is 1. The molecular weight excluding hydrogens is 198 g/mol. The van der Waals surface area contributed by atoms with E-state index < -0.39 is 5.97 Å². The number of hydrogen-bond donors (Lipinski definition) is 0. The van der Waals surface area contributed by atoms with Crippen LogP contribution in [0, 0.1) is 0 Å². The zero-order valence-corrected chi connectivity index (χ0v) is 8.15. The third-order valence-electron chi connectivity index (χ3n) is 1.71. The molecule has 0 fully saturated rings. The zero-order chi connectivity index (χ0) is 9.42. The Morgan fingerprint density at radius 2 is 2.29 bits per heavy atom. The predicted octanol–water partition coefficient (Wildman–Crippen LogP) is -2.64. The van der Waals surface area contributed by atoms with Crippen molar-refractivity contribution in [3.05, 3.63) is 35.4 Å². The van der Waals surface area contributed by atoms with Crippen LogP contribution in [-0.2, 0) is 0 Å². The molecule has 0 atom stereocenters. The van der Waals surface area contributed by atoms with Crippen molar-refractivity contribution in [1.82, 2.24) is 9.38 Å². The van der Waals surface area contributed by atoms with Gasteiger partial charge >= 0.3 is 18.9 Å². The SMILES string of the molecule is O=C([O-])c1cc2c(Cl)nccn2c1.[Li+]. The molecule has 0 radical (unpaired) electrons. The monoisotopic (exact) mass is 202 g/mol. The van der Waals surface area contributed by atoms with Crippen LogP contribution in [0.15, 0.2) is 24.7 Å². The number of carboxylic acids is 1. The third kappa shape index (κ3) is 1.78. The first-order chi connectivity index (χ1) is 6.18. The van der Waals surface area contributed by atoms with Crippen molar-refractivity contribution in [2.45, 2.75) is 0 Å². The summed E-state index contributed by atoms with van der Waals surface area (Å²) in [6.07, 6.45) is 4.54. The number of nitrogens with zero attached hydrogens (tertiary/aromatic N) is 2. The van der Waals surface area contributed by atoms with Crippen LogP contribution in [0.25, 0.3) is 5.52 Å². The molecule has 0 aliphatic heterocycles. The number of halogens is 1. The van der Waals surface area contributed by atoms with Crippen molar-refractivity contribution >= 4 is 23.1 Å². The molecule has 0 aromatic carbocycles. The number of hydrogen-bond acceptors (Lipinski definition) is 3. The normalized spacial score (nSPS) is 9.79. The van der Waals surface area contributed by atoms with Gasteiger partial charge in [0.25, 0.3) is 0 Å². The fraction of sp³-hybridized carbons (Fsp3) is 0. The molecule has 2 heterocycles. The number of aromatic carboxylic acids is 1. The van der Waals surface area contributed by atoms with Crippen LogP contribution in [0.3, 0.4) is 0 Å². The zero-order valence-electron chi connectivity index (χ0n) is 7.40. The predicted molar refractivity (Wildman–Crippen MR) is 44.5 cm³/mol. The van der Waals surface area contributed by atoms with E-state index in [1.165, 1.54) is 18.5 Å². The molecule has 14 heavy (non-hydrogen) atoms. The largest absolute Gasteiger partial charge is 1.00 e. The van der Waals surface area contributed by atoms with Crippen LogP contribution in [-0.4, -0.2) is 15.4 Å². The van der Waals surface area contributed by atoms with Crippen molar-refractivity contribution < 1.29 is 28.8 Å². The first kappa shape index (κ1) is 11.1. The number of carboxylic acid groups (broad SMARTS) is 1. The van der Waals surface area contributed by atoms with E-state index >= 15 is 0 Å². The maximum absolute atomic E-state index is 10.5. The van der Waals surface area contributed by atoms with Crippen molar-refractivity contribution in [3.63, 3.8) is 0 Å². The van der Waals surface area contributed by atoms with Gasteiger partial charge in [0.2, 0.25) is 0 Å². The van der Waals surface area contributed by atoms with E-state index in [0.29, 0.717) is 5.52 Å². The van der Waals surface area contributed by atoms with Gasteiger partial charge in [-0.25, -0.2) is 4.98 Å². The molecule has 0 saturated heterocycles. The van der Waals surface area contributed by atoms with Gasteiger partial charge in [0.05, 0.1) is 11.5 Å². The topological polar surface area (TPSA) is 57.4 Å². The van der Waals surface area contributed by atoms with E-state index in [2.05, 4.69) is 4.98 Å². The molecule has 2 aromatic rings. The van der Waals surface area contributed by atoms with Crippen molar-refractivity contribution in [1.29, 1.82) is 0 Å². The molecule has 2 rings (SSSR count). The second-order valence-corrected chi connectivity index (χ2v) is 2.88. The van der Waals surface area contributed by atoms with Gasteiger partial charge in [-0.15, -0.1) is 0 Å². The van der Waals surface area contributed by atoms with Gasteiger partial charge in [-0.2, -0.15) is 0 Å². The summed E-state index contributed by atoms with van der Waals surface area (Å²) in [5.41, 5.74) is 0.651. The van der Waals surface area contributed by atoms with E-state index in [4.69, 9.17) is 11.6 Å². The summed E-state index contributed by atoms with van der Waals surface area (Å²) in [7, 11) is 0. The first-order valence-corrected chi connectivity index (χ1v) is 3.90. The summed E-state index contributed by atoms with van der Waals surface area (Å²) in [4.78, 5) is 14.3. The van der Waals surface area contributed by atoms with E-state index in [1.807, 2.05) is 0 Å². The molecular formula is C8H4ClLiN2O2. The number of fused-ring (bicyclic) bond motifs is 1. The average molecular weight is 203 g/mol. The van der Waals surface area contributed by atoms with Crippen molar-refractivity contribution in [2.75, 3.05) is 0 Å². The van der Waals surface area contributed by atoms with Gasteiger partial charge in [-0.1, -0.05) is 11.6 Å². The summed E-state index contributed by atoms with van der Waals surface area (Å²) in [6.45, 7) is 0. The van der Waals surface area contributed by atoms with Gasteiger partial charge in [-0.05, 0) is 6.07 Å². The Morgan fingerprint density at radius 1 is 1.57 bits per heavy atom. The Hall–Kier alpha value is -0.953. The molecule has 0 bridgehead atoms. The Balaban J connectivity index is 0.000000980. The summed E-state index contributed by atoms with van der Waals surface area (Å²) >= 11 is 5.73. The Morgan fingerprint density at radius 3 is 2.86 bits per heavy atom. The van der Waals surface area contributed by atoms with Crippen LogP contribution in [0.1, 0.15) is 10.4 Å². The quantitative estimate of drug-likeness (QED) is 0.475. The second kappa shape index (κ2) is 4.05. The third-order valence-corrected chi connectivity index (χ3v) is 2.00. The van der Waals surface area contributed by atoms with E-state index in [1.54, 1.807) is 10.6 Å². The minimum Gasteiger partial charge on any atom is -0.545 e. The number of carbonyl (C=O) groups excluding carboxylic acids is 1. The minimum atomic E-state index is -1.22. The van der Waals surface area contributed by atoms with Gasteiger partial charge < -0.3 is 14.3 Å². The van der Waals surface area contributed by atoms with Crippen LogP contribution in [0.4, 0.5) is 0 Å². The molecule has 6 heteroatoms. The standard InChI is InChI=1S/C8H5ClN2O2.Li/c9-7-6-3-5(8(12)13)4-11(6)2-1-10-7;/h1-4H,(H,12,13);/q;+1/p-1. The fourth-order valence-corrected chi connectivity index (χ4v) is 1.32. The van der Waals surface area contributed by atoms with Crippen molar-refractivity contribution in [2.24, 2.45) is 0 Å². The number of aromatic nitrogens is 2. The molecule has 0 N–H and O–H groups in total. The van der Waals surface area contributed by atoms with Crippen LogP contribution >= 0.6 is 11.6 Å². The van der Waals surface area contributed by atoms with Crippen LogP contribution in [0.2, 0.25) is 5.15 Å². The molecule has 2 aromatic heterocycles. The van der Waals surface area contributed by atoms with Gasteiger partial charge in [-0.3, -0.25) is 0 Å². The summed E-state index contributed by atoms with van der Waals surface area (Å²) in [6, 6.07) is 1.42. The first-order valence-electron chi connectivity index (χ1n) is 3.52. The van der Waals surface area contributed by atoms with E-state index in [-0.39, 0.29) is 29.6 Å². The smallest absolute Gasteiger partial charge is 0.545 e. The minimum absolute atomic E-state index is 0. The van der Waals surface area contributed by atoms with E-state index in [0.717, 1.165) is 0 Å². The fourth-order valence-electron chi connectivity index (χ4n) is 1.12. The molecule has 0 aliphatic rings. The van der Waals surface area contributed by atoms with Crippen LogP contribution < -0.4 is 24.0 Å². The van der Waals surface area contributed by atoms with Gasteiger partial charge in [0.1, 0.15) is 0 Å². The number of carbonyl (C=O) groups is 1. The average Bonchev–Trinajstić information content (AvgIpc) is 2.49.